The van der Waals surface area contributed by atoms with Crippen molar-refractivity contribution in [2.75, 3.05) is 19.7 Å². The van der Waals surface area contributed by atoms with Gasteiger partial charge in [-0.25, -0.2) is 9.97 Å². The topological polar surface area (TPSA) is 63.0 Å². The van der Waals surface area contributed by atoms with E-state index >= 15 is 0 Å². The van der Waals surface area contributed by atoms with Crippen LogP contribution < -0.4 is 5.32 Å². The maximum absolute atomic E-state index is 9.01. The van der Waals surface area contributed by atoms with E-state index in [1.807, 2.05) is 24.3 Å². The van der Waals surface area contributed by atoms with Gasteiger partial charge in [0.1, 0.15) is 5.52 Å². The summed E-state index contributed by atoms with van der Waals surface area (Å²) in [5.74, 6) is 0. The summed E-state index contributed by atoms with van der Waals surface area (Å²) >= 11 is 0. The average Bonchev–Trinajstić information content (AvgIpc) is 3.02. The minimum atomic E-state index is 0.141. The number of aromatic nitrogens is 3. The molecule has 2 N–H and O–H groups in total. The highest BCUT2D eigenvalue weighted by atomic mass is 16.3. The van der Waals surface area contributed by atoms with Gasteiger partial charge in [0.25, 0.3) is 0 Å². The molecule has 5 nitrogen and oxygen atoms in total. The van der Waals surface area contributed by atoms with Gasteiger partial charge in [-0.05, 0) is 29.0 Å². The number of nitrogens with zero attached hydrogens (tertiary/aromatic N) is 3. The lowest BCUT2D eigenvalue weighted by molar-refractivity contribution is 0.292. The summed E-state index contributed by atoms with van der Waals surface area (Å²) in [5, 5.41) is 15.8. The molecule has 0 radical (unpaired) electrons. The lowest BCUT2D eigenvalue weighted by Crippen LogP contribution is -2.23. The van der Waals surface area contributed by atoms with Crippen LogP contribution in [-0.2, 0) is 6.54 Å². The van der Waals surface area contributed by atoms with Crippen LogP contribution in [0.15, 0.2) is 60.7 Å². The van der Waals surface area contributed by atoms with Crippen LogP contribution in [0.4, 0.5) is 0 Å². The van der Waals surface area contributed by atoms with Gasteiger partial charge in [0.05, 0.1) is 23.2 Å². The first-order valence-corrected chi connectivity index (χ1v) is 9.25. The van der Waals surface area contributed by atoms with Crippen LogP contribution in [0.5, 0.6) is 0 Å². The summed E-state index contributed by atoms with van der Waals surface area (Å²) < 4.78 is 2.24. The molecule has 0 amide bonds. The zero-order valence-electron chi connectivity index (χ0n) is 14.9. The average molecular weight is 356 g/mol. The van der Waals surface area contributed by atoms with Crippen LogP contribution in [0.2, 0.25) is 0 Å². The molecule has 5 aromatic rings. The van der Waals surface area contributed by atoms with Crippen molar-refractivity contribution in [1.82, 2.24) is 19.9 Å². The van der Waals surface area contributed by atoms with Gasteiger partial charge < -0.3 is 15.0 Å². The van der Waals surface area contributed by atoms with Gasteiger partial charge in [0, 0.05) is 25.0 Å². The maximum Gasteiger partial charge on any atom is 0.160 e. The molecule has 5 rings (SSSR count). The molecule has 0 aliphatic rings. The fourth-order valence-corrected chi connectivity index (χ4v) is 3.82. The molecule has 27 heavy (non-hydrogen) atoms. The van der Waals surface area contributed by atoms with Gasteiger partial charge >= 0.3 is 0 Å². The molecule has 2 aromatic heterocycles. The van der Waals surface area contributed by atoms with E-state index in [1.165, 1.54) is 10.8 Å². The van der Waals surface area contributed by atoms with Crippen molar-refractivity contribution in [3.05, 3.63) is 60.7 Å². The van der Waals surface area contributed by atoms with Crippen molar-refractivity contribution in [3.8, 4) is 0 Å². The molecule has 0 saturated heterocycles. The monoisotopic (exact) mass is 356 g/mol. The highest BCUT2D eigenvalue weighted by Crippen LogP contribution is 2.33. The number of benzene rings is 3. The van der Waals surface area contributed by atoms with Crippen LogP contribution in [0.1, 0.15) is 0 Å². The smallest absolute Gasteiger partial charge is 0.160 e. The van der Waals surface area contributed by atoms with E-state index < -0.39 is 0 Å². The normalized spacial score (nSPS) is 11.9. The zero-order chi connectivity index (χ0) is 18.2. The third kappa shape index (κ3) is 2.63. The van der Waals surface area contributed by atoms with Crippen molar-refractivity contribution >= 4 is 43.9 Å². The molecular formula is C22H20N4O. The summed E-state index contributed by atoms with van der Waals surface area (Å²) in [6.45, 7) is 2.27. The first kappa shape index (κ1) is 16.2. The highest BCUT2D eigenvalue weighted by Gasteiger charge is 2.16. The van der Waals surface area contributed by atoms with E-state index in [0.717, 1.165) is 46.2 Å². The third-order valence-corrected chi connectivity index (χ3v) is 5.04. The van der Waals surface area contributed by atoms with Crippen molar-refractivity contribution in [2.24, 2.45) is 0 Å². The van der Waals surface area contributed by atoms with Crippen LogP contribution >= 0.6 is 0 Å². The second-order valence-corrected chi connectivity index (χ2v) is 6.69. The molecule has 3 aromatic carbocycles. The minimum Gasteiger partial charge on any atom is -0.395 e. The summed E-state index contributed by atoms with van der Waals surface area (Å²) in [6, 6.07) is 20.8. The van der Waals surface area contributed by atoms with E-state index in [9.17, 15) is 0 Å². The Morgan fingerprint density at radius 3 is 2.48 bits per heavy atom. The lowest BCUT2D eigenvalue weighted by Gasteiger charge is -2.08. The van der Waals surface area contributed by atoms with E-state index in [4.69, 9.17) is 15.1 Å². The van der Waals surface area contributed by atoms with Gasteiger partial charge in [0.2, 0.25) is 0 Å². The van der Waals surface area contributed by atoms with E-state index in [-0.39, 0.29) is 6.61 Å². The van der Waals surface area contributed by atoms with Gasteiger partial charge in [-0.3, -0.25) is 0 Å². The summed E-state index contributed by atoms with van der Waals surface area (Å²) in [4.78, 5) is 9.92. The Balaban J connectivity index is 1.84. The second kappa shape index (κ2) is 6.61. The van der Waals surface area contributed by atoms with Gasteiger partial charge in [0.15, 0.2) is 5.65 Å². The predicted molar refractivity (Wildman–Crippen MR) is 110 cm³/mol. The SMILES string of the molecule is OCCNCCn1c2ccc3ccccc3c2c2nc3ccccc3nc21. The first-order valence-electron chi connectivity index (χ1n) is 9.25. The lowest BCUT2D eigenvalue weighted by atomic mass is 10.1. The Morgan fingerprint density at radius 1 is 0.852 bits per heavy atom. The Morgan fingerprint density at radius 2 is 1.63 bits per heavy atom. The Bertz CT molecular complexity index is 1280. The standard InChI is InChI=1S/C22H20N4O/c27-14-12-23-11-13-26-19-10-9-15-5-1-2-6-16(15)20(19)21-22(26)25-18-8-4-3-7-17(18)24-21/h1-10,23,27H,11-14H2. The molecule has 0 bridgehead atoms. The molecule has 0 unspecified atom stereocenters. The van der Waals surface area contributed by atoms with Gasteiger partial charge in [-0.1, -0.05) is 42.5 Å². The first-order chi connectivity index (χ1) is 13.4. The van der Waals surface area contributed by atoms with E-state index in [0.29, 0.717) is 6.54 Å². The molecule has 2 heterocycles. The van der Waals surface area contributed by atoms with Crippen molar-refractivity contribution < 1.29 is 5.11 Å². The number of aliphatic hydroxyl groups is 1. The van der Waals surface area contributed by atoms with Crippen molar-refractivity contribution in [1.29, 1.82) is 0 Å². The number of hydrogen-bond acceptors (Lipinski definition) is 4. The minimum absolute atomic E-state index is 0.141. The largest absolute Gasteiger partial charge is 0.395 e. The third-order valence-electron chi connectivity index (χ3n) is 5.04. The van der Waals surface area contributed by atoms with Crippen molar-refractivity contribution in [3.63, 3.8) is 0 Å². The fraction of sp³-hybridized carbons (Fsp3) is 0.182. The van der Waals surface area contributed by atoms with E-state index in [1.54, 1.807) is 0 Å². The molecular weight excluding hydrogens is 336 g/mol. The second-order valence-electron chi connectivity index (χ2n) is 6.69. The Labute approximate surface area is 156 Å². The molecule has 0 aliphatic carbocycles. The highest BCUT2D eigenvalue weighted by molar-refractivity contribution is 6.19. The van der Waals surface area contributed by atoms with Crippen LogP contribution in [0, 0.1) is 0 Å². The number of nitrogens with one attached hydrogen (secondary N) is 1. The number of para-hydroxylation sites is 2. The summed E-state index contributed by atoms with van der Waals surface area (Å²) in [5.41, 5.74) is 4.82. The quantitative estimate of drug-likeness (QED) is 0.473. The van der Waals surface area contributed by atoms with E-state index in [2.05, 4.69) is 46.3 Å². The van der Waals surface area contributed by atoms with Crippen LogP contribution in [-0.4, -0.2) is 39.3 Å². The number of rotatable bonds is 5. The molecule has 5 heteroatoms. The predicted octanol–water partition coefficient (Wildman–Crippen LogP) is 3.47. The van der Waals surface area contributed by atoms with Crippen LogP contribution in [0.25, 0.3) is 43.9 Å². The Hall–Kier alpha value is -3.02. The van der Waals surface area contributed by atoms with Gasteiger partial charge in [-0.15, -0.1) is 0 Å². The molecule has 134 valence electrons. The molecule has 0 fully saturated rings. The van der Waals surface area contributed by atoms with Crippen LogP contribution in [0.3, 0.4) is 0 Å². The molecule has 0 aliphatic heterocycles. The summed E-state index contributed by atoms with van der Waals surface area (Å²) in [7, 11) is 0. The number of fused-ring (bicyclic) bond motifs is 6. The molecule has 0 saturated carbocycles. The number of hydrogen-bond donors (Lipinski definition) is 2. The maximum atomic E-state index is 9.01. The summed E-state index contributed by atoms with van der Waals surface area (Å²) in [6.07, 6.45) is 0. The molecule has 0 spiro atoms. The number of aliphatic hydroxyl groups excluding tert-OH is 1. The van der Waals surface area contributed by atoms with Gasteiger partial charge in [-0.2, -0.15) is 0 Å². The molecule has 0 atom stereocenters. The van der Waals surface area contributed by atoms with Crippen molar-refractivity contribution in [2.45, 2.75) is 6.54 Å². The Kier molecular flexibility index (Phi) is 3.96. The zero-order valence-corrected chi connectivity index (χ0v) is 14.9. The fourth-order valence-electron chi connectivity index (χ4n) is 3.82.